The predicted octanol–water partition coefficient (Wildman–Crippen LogP) is 5.02. The van der Waals surface area contributed by atoms with Crippen LogP contribution in [0.3, 0.4) is 0 Å². The Kier molecular flexibility index (Phi) is 5.53. The van der Waals surface area contributed by atoms with Crippen LogP contribution < -0.4 is 9.64 Å². The molecule has 4 aromatic rings. The number of carbonyl (C=O) groups is 1. The second-order valence-corrected chi connectivity index (χ2v) is 9.25. The molecule has 2 aromatic heterocycles. The van der Waals surface area contributed by atoms with Gasteiger partial charge in [-0.2, -0.15) is 5.10 Å². The lowest BCUT2D eigenvalue weighted by Crippen LogP contribution is -2.48. The Labute approximate surface area is 195 Å². The van der Waals surface area contributed by atoms with Crippen LogP contribution in [0.2, 0.25) is 5.02 Å². The van der Waals surface area contributed by atoms with Crippen LogP contribution in [0.4, 0.5) is 5.69 Å². The molecule has 0 saturated carbocycles. The largest absolute Gasteiger partial charge is 0.497 e. The molecule has 1 saturated heterocycles. The zero-order valence-corrected chi connectivity index (χ0v) is 19.5. The number of carbonyl (C=O) groups excluding carboxylic acids is 1. The molecule has 3 heterocycles. The van der Waals surface area contributed by atoms with E-state index in [0.29, 0.717) is 18.1 Å². The van der Waals surface area contributed by atoms with E-state index < -0.39 is 0 Å². The minimum absolute atomic E-state index is 0.0811. The molecule has 0 atom stereocenters. The van der Waals surface area contributed by atoms with Gasteiger partial charge in [-0.25, -0.2) is 4.68 Å². The van der Waals surface area contributed by atoms with Gasteiger partial charge in [0.05, 0.1) is 23.4 Å². The van der Waals surface area contributed by atoms with Crippen LogP contribution in [-0.2, 0) is 0 Å². The van der Waals surface area contributed by atoms with Crippen molar-refractivity contribution in [1.29, 1.82) is 0 Å². The molecule has 2 aromatic carbocycles. The Morgan fingerprint density at radius 3 is 2.47 bits per heavy atom. The summed E-state index contributed by atoms with van der Waals surface area (Å²) in [4.78, 5) is 19.2. The highest BCUT2D eigenvalue weighted by molar-refractivity contribution is 7.20. The molecule has 8 heteroatoms. The molecule has 0 radical (unpaired) electrons. The minimum Gasteiger partial charge on any atom is -0.497 e. The van der Waals surface area contributed by atoms with Crippen molar-refractivity contribution in [2.75, 3.05) is 38.2 Å². The molecule has 0 bridgehead atoms. The standard InChI is InChI=1S/C24H23ClN4O2S/c1-16-21-15-22(32-24(21)29(26-16)19-5-3-4-17(25)14-19)23(30)28-12-10-27(11-13-28)18-6-8-20(31-2)9-7-18/h3-9,14-15H,10-13H2,1-2H3. The van der Waals surface area contributed by atoms with E-state index in [1.165, 1.54) is 11.3 Å². The zero-order valence-electron chi connectivity index (χ0n) is 17.9. The van der Waals surface area contributed by atoms with Crippen molar-refractivity contribution in [2.45, 2.75) is 6.92 Å². The van der Waals surface area contributed by atoms with Gasteiger partial charge in [0.1, 0.15) is 10.6 Å². The second kappa shape index (κ2) is 8.48. The highest BCUT2D eigenvalue weighted by atomic mass is 35.5. The maximum atomic E-state index is 13.3. The number of fused-ring (bicyclic) bond motifs is 1. The van der Waals surface area contributed by atoms with Crippen molar-refractivity contribution in [2.24, 2.45) is 0 Å². The van der Waals surface area contributed by atoms with Gasteiger partial charge in [0, 0.05) is 42.3 Å². The van der Waals surface area contributed by atoms with Crippen molar-refractivity contribution in [3.05, 3.63) is 70.2 Å². The first-order chi connectivity index (χ1) is 15.5. The van der Waals surface area contributed by atoms with Crippen molar-refractivity contribution < 1.29 is 9.53 Å². The van der Waals surface area contributed by atoms with Crippen LogP contribution in [0.1, 0.15) is 15.4 Å². The van der Waals surface area contributed by atoms with E-state index in [9.17, 15) is 4.79 Å². The monoisotopic (exact) mass is 466 g/mol. The number of halogens is 1. The number of benzene rings is 2. The first-order valence-corrected chi connectivity index (χ1v) is 11.7. The van der Waals surface area contributed by atoms with Crippen LogP contribution >= 0.6 is 22.9 Å². The first-order valence-electron chi connectivity index (χ1n) is 10.5. The van der Waals surface area contributed by atoms with E-state index in [0.717, 1.165) is 51.0 Å². The normalized spacial score (nSPS) is 14.2. The fraction of sp³-hybridized carbons (Fsp3) is 0.250. The third kappa shape index (κ3) is 3.82. The number of methoxy groups -OCH3 is 1. The van der Waals surface area contributed by atoms with Gasteiger partial charge in [-0.3, -0.25) is 4.79 Å². The van der Waals surface area contributed by atoms with Crippen LogP contribution in [-0.4, -0.2) is 53.9 Å². The van der Waals surface area contributed by atoms with E-state index in [1.807, 2.05) is 59.0 Å². The number of nitrogens with zero attached hydrogens (tertiary/aromatic N) is 4. The molecule has 5 rings (SSSR count). The zero-order chi connectivity index (χ0) is 22.2. The first kappa shape index (κ1) is 20.8. The lowest BCUT2D eigenvalue weighted by molar-refractivity contribution is 0.0751. The van der Waals surface area contributed by atoms with E-state index in [-0.39, 0.29) is 5.91 Å². The van der Waals surface area contributed by atoms with Gasteiger partial charge < -0.3 is 14.5 Å². The van der Waals surface area contributed by atoms with Crippen LogP contribution in [0.5, 0.6) is 5.75 Å². The smallest absolute Gasteiger partial charge is 0.264 e. The summed E-state index contributed by atoms with van der Waals surface area (Å²) in [6.45, 7) is 4.96. The fourth-order valence-corrected chi connectivity index (χ4v) is 5.39. The number of piperazine rings is 1. The molecule has 1 fully saturated rings. The number of hydrogen-bond acceptors (Lipinski definition) is 5. The summed E-state index contributed by atoms with van der Waals surface area (Å²) >= 11 is 7.66. The molecule has 1 aliphatic rings. The van der Waals surface area contributed by atoms with Crippen LogP contribution in [0.25, 0.3) is 15.9 Å². The number of thiophene rings is 1. The quantitative estimate of drug-likeness (QED) is 0.423. The Morgan fingerprint density at radius 2 is 1.78 bits per heavy atom. The number of aromatic nitrogens is 2. The Morgan fingerprint density at radius 1 is 1.03 bits per heavy atom. The van der Waals surface area contributed by atoms with Gasteiger partial charge >= 0.3 is 0 Å². The Hall–Kier alpha value is -3.03. The molecular weight excluding hydrogens is 444 g/mol. The summed E-state index contributed by atoms with van der Waals surface area (Å²) in [6.07, 6.45) is 0. The molecule has 0 spiro atoms. The fourth-order valence-electron chi connectivity index (χ4n) is 4.05. The van der Waals surface area contributed by atoms with Gasteiger partial charge in [0.2, 0.25) is 0 Å². The van der Waals surface area contributed by atoms with Gasteiger partial charge in [-0.05, 0) is 55.5 Å². The van der Waals surface area contributed by atoms with Crippen molar-refractivity contribution in [3.8, 4) is 11.4 Å². The summed E-state index contributed by atoms with van der Waals surface area (Å²) in [5, 5.41) is 6.33. The Bertz CT molecular complexity index is 1270. The molecule has 1 aliphatic heterocycles. The van der Waals surface area contributed by atoms with E-state index in [2.05, 4.69) is 22.1 Å². The van der Waals surface area contributed by atoms with E-state index >= 15 is 0 Å². The molecule has 1 amide bonds. The predicted molar refractivity (Wildman–Crippen MR) is 130 cm³/mol. The summed E-state index contributed by atoms with van der Waals surface area (Å²) in [5.41, 5.74) is 2.95. The van der Waals surface area contributed by atoms with Crippen molar-refractivity contribution in [1.82, 2.24) is 14.7 Å². The molecule has 164 valence electrons. The van der Waals surface area contributed by atoms with Gasteiger partial charge in [-0.15, -0.1) is 11.3 Å². The molecular formula is C24H23ClN4O2S. The van der Waals surface area contributed by atoms with E-state index in [1.54, 1.807) is 7.11 Å². The number of rotatable bonds is 4. The van der Waals surface area contributed by atoms with Gasteiger partial charge in [-0.1, -0.05) is 17.7 Å². The maximum absolute atomic E-state index is 13.3. The van der Waals surface area contributed by atoms with Crippen molar-refractivity contribution in [3.63, 3.8) is 0 Å². The van der Waals surface area contributed by atoms with E-state index in [4.69, 9.17) is 16.3 Å². The summed E-state index contributed by atoms with van der Waals surface area (Å²) in [7, 11) is 1.67. The number of amides is 1. The van der Waals surface area contributed by atoms with Crippen LogP contribution in [0, 0.1) is 6.92 Å². The molecule has 0 N–H and O–H groups in total. The van der Waals surface area contributed by atoms with Gasteiger partial charge in [0.15, 0.2) is 0 Å². The number of ether oxygens (including phenoxy) is 1. The summed E-state index contributed by atoms with van der Waals surface area (Å²) in [5.74, 6) is 0.927. The van der Waals surface area contributed by atoms with Crippen LogP contribution in [0.15, 0.2) is 54.6 Å². The topological polar surface area (TPSA) is 50.6 Å². The second-order valence-electron chi connectivity index (χ2n) is 7.78. The average Bonchev–Trinajstić information content (AvgIpc) is 3.39. The molecule has 0 unspecified atom stereocenters. The number of anilines is 1. The lowest BCUT2D eigenvalue weighted by atomic mass is 10.2. The Balaban J connectivity index is 1.33. The van der Waals surface area contributed by atoms with Crippen molar-refractivity contribution >= 4 is 44.7 Å². The number of hydrogen-bond donors (Lipinski definition) is 0. The highest BCUT2D eigenvalue weighted by Gasteiger charge is 2.25. The summed E-state index contributed by atoms with van der Waals surface area (Å²) in [6, 6.07) is 17.6. The lowest BCUT2D eigenvalue weighted by Gasteiger charge is -2.36. The maximum Gasteiger partial charge on any atom is 0.264 e. The molecule has 32 heavy (non-hydrogen) atoms. The third-order valence-electron chi connectivity index (χ3n) is 5.81. The highest BCUT2D eigenvalue weighted by Crippen LogP contribution is 2.32. The average molecular weight is 467 g/mol. The summed E-state index contributed by atoms with van der Waals surface area (Å²) < 4.78 is 7.11. The molecule has 6 nitrogen and oxygen atoms in total. The molecule has 0 aliphatic carbocycles. The minimum atomic E-state index is 0.0811. The number of aryl methyl sites for hydroxylation is 1. The SMILES string of the molecule is COc1ccc(N2CCN(C(=O)c3cc4c(C)nn(-c5cccc(Cl)c5)c4s3)CC2)cc1. The third-order valence-corrected chi connectivity index (χ3v) is 7.15. The van der Waals surface area contributed by atoms with Gasteiger partial charge in [0.25, 0.3) is 5.91 Å².